The van der Waals surface area contributed by atoms with E-state index in [4.69, 9.17) is 4.74 Å². The van der Waals surface area contributed by atoms with Crippen molar-refractivity contribution in [2.45, 2.75) is 12.5 Å². The van der Waals surface area contributed by atoms with Gasteiger partial charge in [-0.3, -0.25) is 9.48 Å². The largest absolute Gasteiger partial charge is 0.497 e. The van der Waals surface area contributed by atoms with Crippen LogP contribution in [0.25, 0.3) is 11.3 Å². The van der Waals surface area contributed by atoms with Crippen LogP contribution in [0.4, 0.5) is 10.1 Å². The maximum Gasteiger partial charge on any atom is 0.276 e. The Balaban J connectivity index is 1.71. The number of anilines is 1. The van der Waals surface area contributed by atoms with Gasteiger partial charge < -0.3 is 10.1 Å². The number of aromatic nitrogens is 2. The van der Waals surface area contributed by atoms with Crippen molar-refractivity contribution >= 4 is 21.4 Å². The van der Waals surface area contributed by atoms with E-state index in [0.717, 1.165) is 5.56 Å². The number of methoxy groups -OCH3 is 1. The molecule has 0 radical (unpaired) electrons. The van der Waals surface area contributed by atoms with Crippen LogP contribution < -0.4 is 10.1 Å². The van der Waals surface area contributed by atoms with E-state index in [1.807, 2.05) is 12.1 Å². The Hall–Kier alpha value is -3.20. The number of hydrogen-bond donors (Lipinski definition) is 1. The van der Waals surface area contributed by atoms with Crippen LogP contribution in [0.15, 0.2) is 54.6 Å². The Morgan fingerprint density at radius 2 is 1.93 bits per heavy atom. The van der Waals surface area contributed by atoms with E-state index in [0.29, 0.717) is 17.9 Å². The summed E-state index contributed by atoms with van der Waals surface area (Å²) in [5.74, 6) is -0.412. The summed E-state index contributed by atoms with van der Waals surface area (Å²) in [6.07, 6.45) is 0.418. The predicted octanol–water partition coefficient (Wildman–Crippen LogP) is 3.31. The number of hydrogen-bond acceptors (Lipinski definition) is 5. The van der Waals surface area contributed by atoms with Crippen LogP contribution in [-0.2, 0) is 9.84 Å². The first-order chi connectivity index (χ1) is 14.4. The van der Waals surface area contributed by atoms with Crippen molar-refractivity contribution in [3.05, 3.63) is 66.1 Å². The summed E-state index contributed by atoms with van der Waals surface area (Å²) < 4.78 is 44.6. The molecular weight excluding hydrogens is 409 g/mol. The number of nitrogens with zero attached hydrogens (tertiary/aromatic N) is 2. The zero-order chi connectivity index (χ0) is 21.3. The minimum atomic E-state index is -3.15. The highest BCUT2D eigenvalue weighted by molar-refractivity contribution is 7.91. The number of halogens is 1. The molecule has 0 saturated carbocycles. The average Bonchev–Trinajstić information content (AvgIpc) is 3.33. The molecule has 3 aromatic rings. The minimum Gasteiger partial charge on any atom is -0.497 e. The molecule has 2 aromatic carbocycles. The minimum absolute atomic E-state index is 0.0355. The van der Waals surface area contributed by atoms with Gasteiger partial charge >= 0.3 is 0 Å². The number of sulfone groups is 1. The highest BCUT2D eigenvalue weighted by Crippen LogP contribution is 2.31. The number of carbonyl (C=O) groups excluding carboxylic acids is 1. The molecule has 2 heterocycles. The molecule has 156 valence electrons. The first kappa shape index (κ1) is 20.1. The van der Waals surface area contributed by atoms with Gasteiger partial charge in [0.1, 0.15) is 11.6 Å². The number of nitrogens with one attached hydrogen (secondary N) is 1. The second kappa shape index (κ2) is 7.91. The summed E-state index contributed by atoms with van der Waals surface area (Å²) in [5, 5.41) is 6.90. The van der Waals surface area contributed by atoms with Crippen LogP contribution in [0.5, 0.6) is 5.75 Å². The number of rotatable bonds is 5. The van der Waals surface area contributed by atoms with Crippen molar-refractivity contribution in [2.24, 2.45) is 0 Å². The summed E-state index contributed by atoms with van der Waals surface area (Å²) in [7, 11) is -1.59. The van der Waals surface area contributed by atoms with E-state index >= 15 is 0 Å². The van der Waals surface area contributed by atoms with Crippen LogP contribution in [0, 0.1) is 5.82 Å². The van der Waals surface area contributed by atoms with E-state index < -0.39 is 21.6 Å². The highest BCUT2D eigenvalue weighted by Gasteiger charge is 2.32. The van der Waals surface area contributed by atoms with Gasteiger partial charge in [0, 0.05) is 5.56 Å². The lowest BCUT2D eigenvalue weighted by atomic mass is 10.1. The fourth-order valence-electron chi connectivity index (χ4n) is 3.48. The van der Waals surface area contributed by atoms with Crippen molar-refractivity contribution in [1.82, 2.24) is 9.78 Å². The molecule has 0 bridgehead atoms. The molecule has 9 heteroatoms. The topological polar surface area (TPSA) is 90.3 Å². The third-order valence-corrected chi connectivity index (χ3v) is 6.78. The summed E-state index contributed by atoms with van der Waals surface area (Å²) >= 11 is 0. The van der Waals surface area contributed by atoms with E-state index in [1.165, 1.54) is 18.2 Å². The van der Waals surface area contributed by atoms with E-state index in [-0.39, 0.29) is 28.9 Å². The number of carbonyl (C=O) groups is 1. The summed E-state index contributed by atoms with van der Waals surface area (Å²) in [6.45, 7) is 0. The molecule has 1 amide bonds. The number of amides is 1. The second-order valence-electron chi connectivity index (χ2n) is 7.08. The smallest absolute Gasteiger partial charge is 0.276 e. The normalized spacial score (nSPS) is 17.6. The molecule has 0 spiro atoms. The lowest BCUT2D eigenvalue weighted by Gasteiger charge is -2.13. The molecule has 1 N–H and O–H groups in total. The van der Waals surface area contributed by atoms with Crippen LogP contribution >= 0.6 is 0 Å². The van der Waals surface area contributed by atoms with Crippen molar-refractivity contribution < 1.29 is 22.3 Å². The van der Waals surface area contributed by atoms with E-state index in [2.05, 4.69) is 10.4 Å². The second-order valence-corrected chi connectivity index (χ2v) is 9.31. The lowest BCUT2D eigenvalue weighted by molar-refractivity contribution is 0.102. The SMILES string of the molecule is COc1ccc(-c2cc(C(=O)Nc3ccccc3F)nn2[C@@H]2CCS(=O)(=O)C2)cc1. The standard InChI is InChI=1S/C21H20FN3O4S/c1-29-16-8-6-14(7-9-16)20-12-19(21(26)23-18-5-3-2-4-17(18)22)24-25(20)15-10-11-30(27,28)13-15/h2-9,12,15H,10-11,13H2,1H3,(H,23,26)/t15-/m1/s1. The van der Waals surface area contributed by atoms with E-state index in [1.54, 1.807) is 36.1 Å². The third kappa shape index (κ3) is 4.06. The van der Waals surface area contributed by atoms with Gasteiger partial charge in [0.05, 0.1) is 36.0 Å². The predicted molar refractivity (Wildman–Crippen MR) is 111 cm³/mol. The summed E-state index contributed by atoms with van der Waals surface area (Å²) in [6, 6.07) is 14.2. The maximum absolute atomic E-state index is 13.9. The number of para-hydroxylation sites is 1. The fourth-order valence-corrected chi connectivity index (χ4v) is 5.17. The first-order valence-corrected chi connectivity index (χ1v) is 11.2. The quantitative estimate of drug-likeness (QED) is 0.672. The average molecular weight is 429 g/mol. The maximum atomic E-state index is 13.9. The van der Waals surface area contributed by atoms with Gasteiger partial charge in [0.2, 0.25) is 0 Å². The molecule has 30 heavy (non-hydrogen) atoms. The van der Waals surface area contributed by atoms with Crippen LogP contribution in [0.2, 0.25) is 0 Å². The molecule has 4 rings (SSSR count). The molecule has 1 aromatic heterocycles. The van der Waals surface area contributed by atoms with Gasteiger partial charge in [0.15, 0.2) is 15.5 Å². The molecule has 0 unspecified atom stereocenters. The van der Waals surface area contributed by atoms with Crippen molar-refractivity contribution in [3.63, 3.8) is 0 Å². The zero-order valence-electron chi connectivity index (χ0n) is 16.2. The van der Waals surface area contributed by atoms with Gasteiger partial charge in [-0.25, -0.2) is 12.8 Å². The monoisotopic (exact) mass is 429 g/mol. The van der Waals surface area contributed by atoms with Gasteiger partial charge in [-0.2, -0.15) is 5.10 Å². The zero-order valence-corrected chi connectivity index (χ0v) is 17.0. The van der Waals surface area contributed by atoms with Crippen LogP contribution in [0.1, 0.15) is 23.0 Å². The molecule has 1 aliphatic heterocycles. The first-order valence-electron chi connectivity index (χ1n) is 9.36. The number of benzene rings is 2. The Labute approximate surface area is 173 Å². The molecule has 7 nitrogen and oxygen atoms in total. The molecule has 1 saturated heterocycles. The summed E-state index contributed by atoms with van der Waals surface area (Å²) in [4.78, 5) is 12.7. The Morgan fingerprint density at radius 1 is 1.20 bits per heavy atom. The molecule has 1 atom stereocenters. The Kier molecular flexibility index (Phi) is 5.29. The molecule has 0 aliphatic carbocycles. The van der Waals surface area contributed by atoms with Gasteiger partial charge in [-0.1, -0.05) is 12.1 Å². The number of ether oxygens (including phenoxy) is 1. The molecular formula is C21H20FN3O4S. The van der Waals surface area contributed by atoms with E-state index in [9.17, 15) is 17.6 Å². The third-order valence-electron chi connectivity index (χ3n) is 5.03. The van der Waals surface area contributed by atoms with Gasteiger partial charge in [-0.15, -0.1) is 0 Å². The Morgan fingerprint density at radius 3 is 2.57 bits per heavy atom. The van der Waals surface area contributed by atoms with Crippen LogP contribution in [-0.4, -0.2) is 42.7 Å². The van der Waals surface area contributed by atoms with Gasteiger partial charge in [-0.05, 0) is 48.9 Å². The summed E-state index contributed by atoms with van der Waals surface area (Å²) in [5.41, 5.74) is 1.50. The lowest BCUT2D eigenvalue weighted by Crippen LogP contribution is -2.17. The van der Waals surface area contributed by atoms with Crippen molar-refractivity contribution in [3.8, 4) is 17.0 Å². The van der Waals surface area contributed by atoms with Gasteiger partial charge in [0.25, 0.3) is 5.91 Å². The van der Waals surface area contributed by atoms with Crippen molar-refractivity contribution in [2.75, 3.05) is 23.9 Å². The van der Waals surface area contributed by atoms with Crippen molar-refractivity contribution in [1.29, 1.82) is 0 Å². The highest BCUT2D eigenvalue weighted by atomic mass is 32.2. The fraction of sp³-hybridized carbons (Fsp3) is 0.238. The van der Waals surface area contributed by atoms with Crippen LogP contribution in [0.3, 0.4) is 0 Å². The molecule has 1 aliphatic rings. The molecule has 1 fully saturated rings. The Bertz CT molecular complexity index is 1190.